The molecule has 1 atom stereocenters. The first-order valence-electron chi connectivity index (χ1n) is 8.25. The highest BCUT2D eigenvalue weighted by Gasteiger charge is 2.15. The lowest BCUT2D eigenvalue weighted by atomic mass is 10.0. The zero-order valence-corrected chi connectivity index (χ0v) is 15.8. The van der Waals surface area contributed by atoms with Crippen molar-refractivity contribution in [2.24, 2.45) is 0 Å². The lowest BCUT2D eigenvalue weighted by molar-refractivity contribution is -0.121. The van der Waals surface area contributed by atoms with Gasteiger partial charge in [0.2, 0.25) is 5.91 Å². The number of rotatable bonds is 8. The summed E-state index contributed by atoms with van der Waals surface area (Å²) in [7, 11) is 3.04. The molecule has 0 aliphatic heterocycles. The van der Waals surface area contributed by atoms with E-state index in [1.54, 1.807) is 24.3 Å². The minimum absolute atomic E-state index is 0.0992. The number of benzene rings is 2. The Morgan fingerprint density at radius 1 is 1.04 bits per heavy atom. The minimum atomic E-state index is -0.229. The molecule has 0 aromatic heterocycles. The molecule has 138 valence electrons. The number of ketones is 1. The molecule has 0 bridgehead atoms. The maximum absolute atomic E-state index is 12.3. The maximum Gasteiger partial charge on any atom is 0.220 e. The maximum atomic E-state index is 12.3. The fourth-order valence-corrected chi connectivity index (χ4v) is 2.90. The van der Waals surface area contributed by atoms with Crippen LogP contribution in [0.1, 0.15) is 41.7 Å². The Hall–Kier alpha value is -2.53. The van der Waals surface area contributed by atoms with Gasteiger partial charge in [0.25, 0.3) is 0 Å². The predicted octanol–water partition coefficient (Wildman–Crippen LogP) is 4.20. The quantitative estimate of drug-likeness (QED) is 0.702. The molecule has 2 aromatic rings. The summed E-state index contributed by atoms with van der Waals surface area (Å²) in [5.74, 6) is 0.697. The van der Waals surface area contributed by atoms with Gasteiger partial charge in [0.05, 0.1) is 20.3 Å². The summed E-state index contributed by atoms with van der Waals surface area (Å²) in [6.45, 7) is 1.86. The Morgan fingerprint density at radius 2 is 1.73 bits per heavy atom. The first kappa shape index (κ1) is 19.8. The monoisotopic (exact) mass is 375 g/mol. The molecule has 0 fully saturated rings. The van der Waals surface area contributed by atoms with E-state index in [1.165, 1.54) is 14.2 Å². The molecular weight excluding hydrogens is 354 g/mol. The topological polar surface area (TPSA) is 64.6 Å². The van der Waals surface area contributed by atoms with Crippen LogP contribution in [0.25, 0.3) is 0 Å². The third-order valence-corrected chi connectivity index (χ3v) is 4.38. The summed E-state index contributed by atoms with van der Waals surface area (Å²) in [5.41, 5.74) is 1.32. The lowest BCUT2D eigenvalue weighted by Crippen LogP contribution is -2.27. The summed E-state index contributed by atoms with van der Waals surface area (Å²) in [4.78, 5) is 24.5. The van der Waals surface area contributed by atoms with E-state index in [9.17, 15) is 9.59 Å². The fraction of sp³-hybridized carbons (Fsp3) is 0.300. The van der Waals surface area contributed by atoms with Gasteiger partial charge in [-0.05, 0) is 36.8 Å². The normalized spacial score (nSPS) is 11.5. The SMILES string of the molecule is COc1ccc(C(=O)CCC(=O)NC(C)c2ccccc2Cl)cc1OC. The van der Waals surface area contributed by atoms with E-state index in [1.807, 2.05) is 25.1 Å². The number of carbonyl (C=O) groups is 2. The second-order valence-corrected chi connectivity index (χ2v) is 6.21. The van der Waals surface area contributed by atoms with Crippen molar-refractivity contribution in [1.29, 1.82) is 0 Å². The van der Waals surface area contributed by atoms with Crippen molar-refractivity contribution in [1.82, 2.24) is 5.32 Å². The third kappa shape index (κ3) is 4.99. The molecule has 1 unspecified atom stereocenters. The number of amides is 1. The lowest BCUT2D eigenvalue weighted by Gasteiger charge is -2.15. The van der Waals surface area contributed by atoms with E-state index >= 15 is 0 Å². The fourth-order valence-electron chi connectivity index (χ4n) is 2.60. The summed E-state index contributed by atoms with van der Waals surface area (Å²) in [5, 5.41) is 3.46. The Kier molecular flexibility index (Phi) is 7.04. The average Bonchev–Trinajstić information content (AvgIpc) is 2.65. The van der Waals surface area contributed by atoms with Gasteiger partial charge in [-0.25, -0.2) is 0 Å². The predicted molar refractivity (Wildman–Crippen MR) is 101 cm³/mol. The first-order valence-corrected chi connectivity index (χ1v) is 8.63. The molecule has 0 heterocycles. The number of Topliss-reactive ketones (excluding diaryl/α,β-unsaturated/α-hetero) is 1. The summed E-state index contributed by atoms with van der Waals surface area (Å²) >= 11 is 6.14. The average molecular weight is 376 g/mol. The van der Waals surface area contributed by atoms with Crippen molar-refractivity contribution < 1.29 is 19.1 Å². The standard InChI is InChI=1S/C20H22ClNO4/c1-13(15-6-4-5-7-16(15)21)22-20(24)11-9-17(23)14-8-10-18(25-2)19(12-14)26-3/h4-8,10,12-13H,9,11H2,1-3H3,(H,22,24). The number of methoxy groups -OCH3 is 2. The Morgan fingerprint density at radius 3 is 2.38 bits per heavy atom. The van der Waals surface area contributed by atoms with Crippen LogP contribution in [0.3, 0.4) is 0 Å². The Balaban J connectivity index is 1.93. The largest absolute Gasteiger partial charge is 0.493 e. The molecule has 1 amide bonds. The van der Waals surface area contributed by atoms with Crippen LogP contribution in [0.15, 0.2) is 42.5 Å². The number of hydrogen-bond donors (Lipinski definition) is 1. The molecule has 6 heteroatoms. The van der Waals surface area contributed by atoms with Crippen molar-refractivity contribution in [3.63, 3.8) is 0 Å². The van der Waals surface area contributed by atoms with E-state index in [-0.39, 0.29) is 30.6 Å². The molecular formula is C20H22ClNO4. The smallest absolute Gasteiger partial charge is 0.220 e. The molecule has 0 saturated heterocycles. The van der Waals surface area contributed by atoms with Gasteiger partial charge in [-0.1, -0.05) is 29.8 Å². The molecule has 0 radical (unpaired) electrons. The van der Waals surface area contributed by atoms with Crippen LogP contribution in [0.2, 0.25) is 5.02 Å². The molecule has 0 saturated carbocycles. The van der Waals surface area contributed by atoms with Gasteiger partial charge in [-0.2, -0.15) is 0 Å². The van der Waals surface area contributed by atoms with Gasteiger partial charge in [0.1, 0.15) is 0 Å². The van der Waals surface area contributed by atoms with E-state index < -0.39 is 0 Å². The van der Waals surface area contributed by atoms with E-state index in [4.69, 9.17) is 21.1 Å². The summed E-state index contributed by atoms with van der Waals surface area (Å²) in [6.07, 6.45) is 0.207. The molecule has 5 nitrogen and oxygen atoms in total. The number of ether oxygens (including phenoxy) is 2. The Bertz CT molecular complexity index is 791. The molecule has 26 heavy (non-hydrogen) atoms. The van der Waals surface area contributed by atoms with Crippen LogP contribution < -0.4 is 14.8 Å². The van der Waals surface area contributed by atoms with Crippen molar-refractivity contribution in [3.8, 4) is 11.5 Å². The van der Waals surface area contributed by atoms with E-state index in [2.05, 4.69) is 5.32 Å². The minimum Gasteiger partial charge on any atom is -0.493 e. The highest BCUT2D eigenvalue weighted by Crippen LogP contribution is 2.28. The zero-order valence-electron chi connectivity index (χ0n) is 15.0. The van der Waals surface area contributed by atoms with Crippen LogP contribution in [-0.4, -0.2) is 25.9 Å². The van der Waals surface area contributed by atoms with Gasteiger partial charge in [0.15, 0.2) is 17.3 Å². The number of hydrogen-bond acceptors (Lipinski definition) is 4. The first-order chi connectivity index (χ1) is 12.5. The van der Waals surface area contributed by atoms with Gasteiger partial charge in [-0.3, -0.25) is 9.59 Å². The second kappa shape index (κ2) is 9.25. The zero-order chi connectivity index (χ0) is 19.1. The molecule has 2 rings (SSSR count). The molecule has 2 aromatic carbocycles. The third-order valence-electron chi connectivity index (χ3n) is 4.03. The second-order valence-electron chi connectivity index (χ2n) is 5.80. The van der Waals surface area contributed by atoms with Gasteiger partial charge in [-0.15, -0.1) is 0 Å². The molecule has 0 spiro atoms. The van der Waals surface area contributed by atoms with Crippen LogP contribution in [0.4, 0.5) is 0 Å². The van der Waals surface area contributed by atoms with Gasteiger partial charge in [0, 0.05) is 23.4 Å². The summed E-state index contributed by atoms with van der Waals surface area (Å²) in [6, 6.07) is 12.1. The summed E-state index contributed by atoms with van der Waals surface area (Å²) < 4.78 is 10.3. The number of carbonyl (C=O) groups excluding carboxylic acids is 2. The van der Waals surface area contributed by atoms with E-state index in [0.717, 1.165) is 5.56 Å². The van der Waals surface area contributed by atoms with Crippen LogP contribution in [-0.2, 0) is 4.79 Å². The van der Waals surface area contributed by atoms with Gasteiger partial charge >= 0.3 is 0 Å². The molecule has 1 N–H and O–H groups in total. The highest BCUT2D eigenvalue weighted by atomic mass is 35.5. The van der Waals surface area contributed by atoms with Crippen molar-refractivity contribution in [3.05, 3.63) is 58.6 Å². The Labute approximate surface area is 158 Å². The van der Waals surface area contributed by atoms with Crippen molar-refractivity contribution >= 4 is 23.3 Å². The van der Waals surface area contributed by atoms with Crippen LogP contribution >= 0.6 is 11.6 Å². The highest BCUT2D eigenvalue weighted by molar-refractivity contribution is 6.31. The van der Waals surface area contributed by atoms with Crippen LogP contribution in [0.5, 0.6) is 11.5 Å². The van der Waals surface area contributed by atoms with Crippen molar-refractivity contribution in [2.75, 3.05) is 14.2 Å². The van der Waals surface area contributed by atoms with Crippen molar-refractivity contribution in [2.45, 2.75) is 25.8 Å². The van der Waals surface area contributed by atoms with Gasteiger partial charge < -0.3 is 14.8 Å². The molecule has 0 aliphatic rings. The van der Waals surface area contributed by atoms with E-state index in [0.29, 0.717) is 22.1 Å². The number of nitrogens with one attached hydrogen (secondary N) is 1. The number of halogens is 1. The molecule has 0 aliphatic carbocycles. The van der Waals surface area contributed by atoms with Crippen LogP contribution in [0, 0.1) is 0 Å².